The normalized spacial score (nSPS) is 12.0. The molecule has 3 aromatic rings. The van der Waals surface area contributed by atoms with Gasteiger partial charge in [-0.1, -0.05) is 0 Å². The van der Waals surface area contributed by atoms with Crippen molar-refractivity contribution in [2.75, 3.05) is 0 Å². The third kappa shape index (κ3) is 2.42. The van der Waals surface area contributed by atoms with Crippen LogP contribution in [0.5, 0.6) is 0 Å². The molecule has 0 aliphatic rings. The van der Waals surface area contributed by atoms with Gasteiger partial charge in [0, 0.05) is 23.5 Å². The van der Waals surface area contributed by atoms with E-state index in [-0.39, 0.29) is 12.2 Å². The highest BCUT2D eigenvalue weighted by Gasteiger charge is 2.34. The van der Waals surface area contributed by atoms with E-state index in [4.69, 9.17) is 4.42 Å². The molecule has 0 spiro atoms. The van der Waals surface area contributed by atoms with Crippen LogP contribution in [-0.4, -0.2) is 16.1 Å². The van der Waals surface area contributed by atoms with Crippen molar-refractivity contribution in [1.29, 1.82) is 0 Å². The average molecular weight is 293 g/mol. The number of fused-ring (bicyclic) bond motifs is 1. The molecule has 0 fully saturated rings. The maximum absolute atomic E-state index is 13.2. The maximum atomic E-state index is 13.2. The molecule has 0 aromatic carbocycles. The number of aromatic nitrogens is 2. The Hall–Kier alpha value is -2.57. The van der Waals surface area contributed by atoms with E-state index in [0.29, 0.717) is 16.8 Å². The van der Waals surface area contributed by atoms with Gasteiger partial charge in [0.2, 0.25) is 0 Å². The van der Waals surface area contributed by atoms with Crippen LogP contribution in [0.25, 0.3) is 16.8 Å². The number of halogens is 3. The van der Waals surface area contributed by atoms with Crippen LogP contribution in [-0.2, 0) is 12.7 Å². The maximum Gasteiger partial charge on any atom is 0.420 e. The summed E-state index contributed by atoms with van der Waals surface area (Å²) in [6.07, 6.45) is 1.40. The molecule has 3 heterocycles. The second-order valence-electron chi connectivity index (χ2n) is 4.50. The molecule has 21 heavy (non-hydrogen) atoms. The van der Waals surface area contributed by atoms with Gasteiger partial charge in [0.25, 0.3) is 0 Å². The van der Waals surface area contributed by atoms with Gasteiger partial charge in [-0.25, -0.2) is 4.98 Å². The number of aliphatic imine (C=N–C) groups is 1. The van der Waals surface area contributed by atoms with Crippen LogP contribution in [0.4, 0.5) is 13.2 Å². The minimum atomic E-state index is -4.49. The number of nitrogens with zero attached hydrogens (tertiary/aromatic N) is 3. The largest absolute Gasteiger partial charge is 0.472 e. The van der Waals surface area contributed by atoms with Gasteiger partial charge in [0.15, 0.2) is 0 Å². The van der Waals surface area contributed by atoms with Gasteiger partial charge >= 0.3 is 6.18 Å². The van der Waals surface area contributed by atoms with Crippen molar-refractivity contribution in [3.63, 3.8) is 0 Å². The van der Waals surface area contributed by atoms with E-state index in [1.165, 1.54) is 23.1 Å². The zero-order chi connectivity index (χ0) is 15.0. The number of imidazole rings is 1. The predicted molar refractivity (Wildman–Crippen MR) is 71.1 cm³/mol. The lowest BCUT2D eigenvalue weighted by molar-refractivity contribution is -0.136. The van der Waals surface area contributed by atoms with Crippen LogP contribution >= 0.6 is 0 Å². The second-order valence-corrected chi connectivity index (χ2v) is 4.50. The number of furan rings is 1. The van der Waals surface area contributed by atoms with E-state index in [2.05, 4.69) is 16.7 Å². The molecule has 0 saturated carbocycles. The molecule has 3 aromatic heterocycles. The van der Waals surface area contributed by atoms with Crippen LogP contribution in [0.3, 0.4) is 0 Å². The van der Waals surface area contributed by atoms with Gasteiger partial charge in [-0.15, -0.1) is 0 Å². The molecule has 7 heteroatoms. The van der Waals surface area contributed by atoms with E-state index >= 15 is 0 Å². The molecule has 0 unspecified atom stereocenters. The molecule has 0 aliphatic heterocycles. The molecule has 108 valence electrons. The highest BCUT2D eigenvalue weighted by Crippen LogP contribution is 2.35. The molecule has 0 aliphatic carbocycles. The Kier molecular flexibility index (Phi) is 3.04. The van der Waals surface area contributed by atoms with Crippen LogP contribution in [0.15, 0.2) is 46.5 Å². The van der Waals surface area contributed by atoms with Crippen molar-refractivity contribution in [3.8, 4) is 11.1 Å². The summed E-state index contributed by atoms with van der Waals surface area (Å²) in [4.78, 5) is 7.62. The van der Waals surface area contributed by atoms with Crippen molar-refractivity contribution in [2.24, 2.45) is 4.99 Å². The topological polar surface area (TPSA) is 42.8 Å². The summed E-state index contributed by atoms with van der Waals surface area (Å²) >= 11 is 0. The quantitative estimate of drug-likeness (QED) is 0.689. The van der Waals surface area contributed by atoms with Crippen molar-refractivity contribution in [1.82, 2.24) is 9.38 Å². The summed E-state index contributed by atoms with van der Waals surface area (Å²) < 4.78 is 45.9. The first-order valence-corrected chi connectivity index (χ1v) is 6.03. The van der Waals surface area contributed by atoms with Crippen molar-refractivity contribution in [3.05, 3.63) is 48.3 Å². The molecule has 4 nitrogen and oxygen atoms in total. The minimum Gasteiger partial charge on any atom is -0.472 e. The van der Waals surface area contributed by atoms with Crippen LogP contribution in [0, 0.1) is 0 Å². The molecule has 3 rings (SSSR count). The smallest absolute Gasteiger partial charge is 0.420 e. The number of rotatable bonds is 3. The van der Waals surface area contributed by atoms with Crippen molar-refractivity contribution in [2.45, 2.75) is 12.7 Å². The van der Waals surface area contributed by atoms with Crippen molar-refractivity contribution < 1.29 is 17.6 Å². The van der Waals surface area contributed by atoms with E-state index in [1.807, 2.05) is 0 Å². The molecule has 0 N–H and O–H groups in total. The molecule has 0 atom stereocenters. The van der Waals surface area contributed by atoms with E-state index < -0.39 is 11.7 Å². The molecule has 0 radical (unpaired) electrons. The highest BCUT2D eigenvalue weighted by atomic mass is 19.4. The Morgan fingerprint density at radius 2 is 2.10 bits per heavy atom. The van der Waals surface area contributed by atoms with Crippen LogP contribution < -0.4 is 0 Å². The Morgan fingerprint density at radius 1 is 1.29 bits per heavy atom. The van der Waals surface area contributed by atoms with Crippen LogP contribution in [0.1, 0.15) is 11.3 Å². The average Bonchev–Trinajstić information content (AvgIpc) is 3.05. The lowest BCUT2D eigenvalue weighted by Crippen LogP contribution is -2.08. The fourth-order valence-corrected chi connectivity index (χ4v) is 2.14. The number of hydrogen-bond acceptors (Lipinski definition) is 3. The van der Waals surface area contributed by atoms with Gasteiger partial charge in [-0.05, 0) is 18.9 Å². The van der Waals surface area contributed by atoms with Gasteiger partial charge in [-0.2, -0.15) is 13.2 Å². The third-order valence-electron chi connectivity index (χ3n) is 3.03. The monoisotopic (exact) mass is 293 g/mol. The molecular formula is C14H10F3N3O. The first-order valence-electron chi connectivity index (χ1n) is 6.03. The Balaban J connectivity index is 2.26. The van der Waals surface area contributed by atoms with Gasteiger partial charge in [0.05, 0.1) is 30.3 Å². The predicted octanol–water partition coefficient (Wildman–Crippen LogP) is 3.81. The zero-order valence-electron chi connectivity index (χ0n) is 10.8. The summed E-state index contributed by atoms with van der Waals surface area (Å²) in [6, 6.07) is 2.67. The summed E-state index contributed by atoms with van der Waals surface area (Å²) in [5.41, 5.74) is 0.461. The molecular weight excluding hydrogens is 283 g/mol. The van der Waals surface area contributed by atoms with E-state index in [9.17, 15) is 13.2 Å². The summed E-state index contributed by atoms with van der Waals surface area (Å²) in [6.45, 7) is 3.49. The fourth-order valence-electron chi connectivity index (χ4n) is 2.14. The van der Waals surface area contributed by atoms with Crippen molar-refractivity contribution >= 4 is 12.4 Å². The standard InChI is InChI=1S/C14H10F3N3O/c1-18-5-11-7-20-6-10(9-2-3-21-8-9)4-12(13(20)19-11)14(15,16)17/h2-4,6-8H,1,5H2. The van der Waals surface area contributed by atoms with Crippen LogP contribution in [0.2, 0.25) is 0 Å². The Labute approximate surface area is 117 Å². The Bertz CT molecular complexity index is 788. The van der Waals surface area contributed by atoms with E-state index in [0.717, 1.165) is 6.07 Å². The molecule has 0 amide bonds. The summed E-state index contributed by atoms with van der Waals surface area (Å²) in [7, 11) is 0. The van der Waals surface area contributed by atoms with Gasteiger partial charge in [0.1, 0.15) is 5.65 Å². The molecule has 0 saturated heterocycles. The number of pyridine rings is 1. The number of hydrogen-bond donors (Lipinski definition) is 0. The molecule has 0 bridgehead atoms. The lowest BCUT2D eigenvalue weighted by Gasteiger charge is -2.10. The number of alkyl halides is 3. The fraction of sp³-hybridized carbons (Fsp3) is 0.143. The van der Waals surface area contributed by atoms with Gasteiger partial charge in [-0.3, -0.25) is 4.99 Å². The SMILES string of the molecule is C=NCc1cn2cc(-c3ccoc3)cc(C(F)(F)F)c2n1. The summed E-state index contributed by atoms with van der Waals surface area (Å²) in [5, 5.41) is 0. The zero-order valence-corrected chi connectivity index (χ0v) is 10.8. The van der Waals surface area contributed by atoms with E-state index in [1.54, 1.807) is 12.3 Å². The lowest BCUT2D eigenvalue weighted by atomic mass is 10.1. The third-order valence-corrected chi connectivity index (χ3v) is 3.03. The van der Waals surface area contributed by atoms with Gasteiger partial charge < -0.3 is 8.82 Å². The summed E-state index contributed by atoms with van der Waals surface area (Å²) in [5.74, 6) is 0. The highest BCUT2D eigenvalue weighted by molar-refractivity contribution is 5.67. The Morgan fingerprint density at radius 3 is 2.71 bits per heavy atom. The first kappa shape index (κ1) is 13.4. The minimum absolute atomic E-state index is 0.145. The first-order chi connectivity index (χ1) is 9.99. The second kappa shape index (κ2) is 4.76.